The zero-order valence-corrected chi connectivity index (χ0v) is 15.4. The molecule has 0 aliphatic carbocycles. The van der Waals surface area contributed by atoms with E-state index in [9.17, 15) is 4.39 Å². The topological polar surface area (TPSA) is 50.7 Å². The average Bonchev–Trinajstić information content (AvgIpc) is 3.04. The molecule has 0 aliphatic rings. The number of rotatable bonds is 2. The van der Waals surface area contributed by atoms with Crippen molar-refractivity contribution in [2.24, 2.45) is 0 Å². The first kappa shape index (κ1) is 16.7. The Labute approximate surface area is 150 Å². The van der Waals surface area contributed by atoms with Crippen LogP contribution in [0, 0.1) is 5.82 Å². The van der Waals surface area contributed by atoms with Gasteiger partial charge >= 0.3 is 0 Å². The van der Waals surface area contributed by atoms with Crippen molar-refractivity contribution in [3.8, 4) is 0 Å². The number of nitrogens with one attached hydrogen (secondary N) is 1. The molecule has 0 unspecified atom stereocenters. The van der Waals surface area contributed by atoms with E-state index >= 15 is 0 Å². The molecule has 2 aromatic heterocycles. The third-order valence-corrected chi connectivity index (χ3v) is 4.50. The summed E-state index contributed by atoms with van der Waals surface area (Å²) in [6.07, 6.45) is 1.42. The van der Waals surface area contributed by atoms with Crippen LogP contribution in [-0.2, 0) is 0 Å². The summed E-state index contributed by atoms with van der Waals surface area (Å²) in [6, 6.07) is 8.95. The van der Waals surface area contributed by atoms with Crippen LogP contribution < -0.4 is 5.32 Å². The monoisotopic (exact) mass is 404 g/mol. The number of thiazole rings is 1. The maximum atomic E-state index is 14.3. The van der Waals surface area contributed by atoms with Gasteiger partial charge in [-0.3, -0.25) is 0 Å². The molecular weight excluding hydrogens is 391 g/mol. The molecule has 24 heavy (non-hydrogen) atoms. The predicted molar refractivity (Wildman–Crippen MR) is 101 cm³/mol. The molecule has 0 fully saturated rings. The summed E-state index contributed by atoms with van der Waals surface area (Å²) < 4.78 is 16.0. The van der Waals surface area contributed by atoms with Crippen molar-refractivity contribution in [3.63, 3.8) is 0 Å². The summed E-state index contributed by atoms with van der Waals surface area (Å²) in [5.74, 6) is 0.0743. The van der Waals surface area contributed by atoms with Crippen LogP contribution in [0.25, 0.3) is 21.1 Å². The van der Waals surface area contributed by atoms with E-state index in [0.717, 1.165) is 15.9 Å². The fraction of sp³-hybridized carbons (Fsp3) is 0.118. The Balaban J connectivity index is 0.000000815. The van der Waals surface area contributed by atoms with E-state index in [-0.39, 0.29) is 5.82 Å². The van der Waals surface area contributed by atoms with Crippen LogP contribution in [0.2, 0.25) is 0 Å². The van der Waals surface area contributed by atoms with E-state index < -0.39 is 0 Å². The lowest BCUT2D eigenvalue weighted by Crippen LogP contribution is -1.97. The lowest BCUT2D eigenvalue weighted by Gasteiger charge is -2.09. The number of nitrogens with zero attached hydrogens (tertiary/aromatic N) is 3. The summed E-state index contributed by atoms with van der Waals surface area (Å²) in [5, 5.41) is 3.53. The number of aromatic nitrogens is 3. The number of benzene rings is 2. The summed E-state index contributed by atoms with van der Waals surface area (Å²) in [7, 11) is 0. The fourth-order valence-corrected chi connectivity index (χ4v) is 3.41. The van der Waals surface area contributed by atoms with Crippen LogP contribution in [0.5, 0.6) is 0 Å². The van der Waals surface area contributed by atoms with Crippen molar-refractivity contribution in [1.29, 1.82) is 0 Å². The van der Waals surface area contributed by atoms with Crippen LogP contribution in [0.1, 0.15) is 13.8 Å². The molecule has 4 aromatic rings. The van der Waals surface area contributed by atoms with Crippen LogP contribution in [0.15, 0.2) is 46.6 Å². The van der Waals surface area contributed by atoms with Crippen molar-refractivity contribution in [3.05, 3.63) is 52.5 Å². The fourth-order valence-electron chi connectivity index (χ4n) is 2.27. The van der Waals surface area contributed by atoms with Gasteiger partial charge in [0.15, 0.2) is 0 Å². The van der Waals surface area contributed by atoms with Crippen molar-refractivity contribution in [2.75, 3.05) is 5.32 Å². The van der Waals surface area contributed by atoms with E-state index in [1.165, 1.54) is 12.4 Å². The summed E-state index contributed by atoms with van der Waals surface area (Å²) in [5.41, 5.74) is 4.12. The number of hydrogen-bond donors (Lipinski definition) is 1. The van der Waals surface area contributed by atoms with Gasteiger partial charge in [0.2, 0.25) is 0 Å². The van der Waals surface area contributed by atoms with Crippen LogP contribution in [0.3, 0.4) is 0 Å². The highest BCUT2D eigenvalue weighted by molar-refractivity contribution is 9.10. The Morgan fingerprint density at radius 3 is 2.71 bits per heavy atom. The second kappa shape index (κ2) is 7.19. The van der Waals surface area contributed by atoms with Gasteiger partial charge < -0.3 is 5.32 Å². The first-order valence-electron chi connectivity index (χ1n) is 7.41. The second-order valence-electron chi connectivity index (χ2n) is 4.66. The minimum Gasteiger partial charge on any atom is -0.339 e. The normalized spacial score (nSPS) is 10.5. The van der Waals surface area contributed by atoms with Gasteiger partial charge in [-0.2, -0.15) is 0 Å². The van der Waals surface area contributed by atoms with Gasteiger partial charge in [0.05, 0.1) is 26.6 Å². The van der Waals surface area contributed by atoms with Crippen LogP contribution in [-0.4, -0.2) is 15.0 Å². The lowest BCUT2D eigenvalue weighted by molar-refractivity contribution is 0.638. The third-order valence-electron chi connectivity index (χ3n) is 3.25. The predicted octanol–water partition coefficient (Wildman–Crippen LogP) is 5.91. The molecule has 122 valence electrons. The van der Waals surface area contributed by atoms with E-state index in [4.69, 9.17) is 0 Å². The number of halogens is 2. The Morgan fingerprint density at radius 2 is 1.88 bits per heavy atom. The standard InChI is InChI=1S/C15H8BrFN4S.C2H6/c16-8-3-10(17)14-12(4-8)18-6-19-15(14)21-9-1-2-11-13(5-9)22-7-20-11;1-2/h1-7H,(H,18,19,21);1-2H3. The maximum Gasteiger partial charge on any atom is 0.144 e. The average molecular weight is 405 g/mol. The Morgan fingerprint density at radius 1 is 1.04 bits per heavy atom. The van der Waals surface area contributed by atoms with Crippen LogP contribution in [0.4, 0.5) is 15.9 Å². The molecule has 2 aromatic carbocycles. The molecule has 0 atom stereocenters. The third kappa shape index (κ3) is 3.22. The van der Waals surface area contributed by atoms with E-state index in [2.05, 4.69) is 36.2 Å². The molecule has 0 aliphatic heterocycles. The van der Waals surface area contributed by atoms with Gasteiger partial charge in [0.25, 0.3) is 0 Å². The molecule has 4 rings (SSSR count). The summed E-state index contributed by atoms with van der Waals surface area (Å²) in [4.78, 5) is 12.5. The van der Waals surface area contributed by atoms with Crippen molar-refractivity contribution in [1.82, 2.24) is 15.0 Å². The first-order chi connectivity index (χ1) is 11.7. The van der Waals surface area contributed by atoms with Gasteiger partial charge in [0, 0.05) is 10.2 Å². The van der Waals surface area contributed by atoms with Crippen molar-refractivity contribution >= 4 is 59.9 Å². The summed E-state index contributed by atoms with van der Waals surface area (Å²) in [6.45, 7) is 4.00. The quantitative estimate of drug-likeness (QED) is 0.450. The molecule has 0 saturated carbocycles. The SMILES string of the molecule is CC.Fc1cc(Br)cc2ncnc(Nc3ccc4ncsc4c3)c12. The molecule has 0 radical (unpaired) electrons. The van der Waals surface area contributed by atoms with Gasteiger partial charge in [-0.15, -0.1) is 11.3 Å². The molecular formula is C17H14BrFN4S. The number of hydrogen-bond acceptors (Lipinski definition) is 5. The zero-order valence-electron chi connectivity index (χ0n) is 13.0. The van der Waals surface area contributed by atoms with Gasteiger partial charge in [0.1, 0.15) is 18.0 Å². The van der Waals surface area contributed by atoms with Crippen LogP contribution >= 0.6 is 27.3 Å². The zero-order chi connectivity index (χ0) is 17.1. The highest BCUT2D eigenvalue weighted by Gasteiger charge is 2.11. The highest BCUT2D eigenvalue weighted by Crippen LogP contribution is 2.29. The molecule has 2 heterocycles. The van der Waals surface area contributed by atoms with E-state index in [0.29, 0.717) is 21.2 Å². The lowest BCUT2D eigenvalue weighted by atomic mass is 10.2. The molecule has 0 saturated heterocycles. The Kier molecular flexibility index (Phi) is 5.01. The van der Waals surface area contributed by atoms with Gasteiger partial charge in [-0.1, -0.05) is 29.8 Å². The molecule has 4 nitrogen and oxygen atoms in total. The minimum absolute atomic E-state index is 0.369. The number of anilines is 2. The van der Waals surface area contributed by atoms with Crippen molar-refractivity contribution in [2.45, 2.75) is 13.8 Å². The smallest absolute Gasteiger partial charge is 0.144 e. The Bertz CT molecular complexity index is 1000. The largest absolute Gasteiger partial charge is 0.339 e. The molecule has 0 spiro atoms. The Hall–Kier alpha value is -2.12. The highest BCUT2D eigenvalue weighted by atomic mass is 79.9. The molecule has 0 amide bonds. The van der Waals surface area contributed by atoms with Crippen molar-refractivity contribution < 1.29 is 4.39 Å². The van der Waals surface area contributed by atoms with E-state index in [1.54, 1.807) is 22.9 Å². The first-order valence-corrected chi connectivity index (χ1v) is 9.08. The van der Waals surface area contributed by atoms with E-state index in [1.807, 2.05) is 32.0 Å². The van der Waals surface area contributed by atoms with Gasteiger partial charge in [-0.25, -0.2) is 19.3 Å². The molecule has 7 heteroatoms. The molecule has 0 bridgehead atoms. The number of fused-ring (bicyclic) bond motifs is 2. The second-order valence-corrected chi connectivity index (χ2v) is 6.47. The molecule has 1 N–H and O–H groups in total. The minimum atomic E-state index is -0.369. The maximum absolute atomic E-state index is 14.3. The summed E-state index contributed by atoms with van der Waals surface area (Å²) >= 11 is 4.83. The van der Waals surface area contributed by atoms with Gasteiger partial charge in [-0.05, 0) is 30.3 Å².